The quantitative estimate of drug-likeness (QED) is 0.899. The first-order valence-electron chi connectivity index (χ1n) is 7.42. The number of benzene rings is 1. The molecule has 4 heteroatoms. The summed E-state index contributed by atoms with van der Waals surface area (Å²) < 4.78 is 14.0. The maximum absolute atomic E-state index is 14.0. The van der Waals surface area contributed by atoms with Crippen molar-refractivity contribution in [2.45, 2.75) is 25.8 Å². The molecule has 0 bridgehead atoms. The van der Waals surface area contributed by atoms with E-state index in [0.717, 1.165) is 32.5 Å². The third-order valence-electron chi connectivity index (χ3n) is 4.47. The summed E-state index contributed by atoms with van der Waals surface area (Å²) >= 11 is 0. The molecule has 0 spiro atoms. The molecule has 3 atom stereocenters. The highest BCUT2D eigenvalue weighted by molar-refractivity contribution is 5.80. The van der Waals surface area contributed by atoms with Gasteiger partial charge in [-0.2, -0.15) is 0 Å². The van der Waals surface area contributed by atoms with Gasteiger partial charge in [0.2, 0.25) is 5.91 Å². The van der Waals surface area contributed by atoms with Crippen LogP contribution in [0.4, 0.5) is 4.39 Å². The lowest BCUT2D eigenvalue weighted by Crippen LogP contribution is -2.37. The summed E-state index contributed by atoms with van der Waals surface area (Å²) in [6.07, 6.45) is 1.75. The normalized spacial score (nSPS) is 29.9. The van der Waals surface area contributed by atoms with Gasteiger partial charge in [0.25, 0.3) is 0 Å². The number of nitrogens with one attached hydrogen (secondary N) is 1. The largest absolute Gasteiger partial charge is 0.335 e. The Balaban J connectivity index is 1.85. The minimum Gasteiger partial charge on any atom is -0.335 e. The van der Waals surface area contributed by atoms with Crippen LogP contribution in [0.25, 0.3) is 0 Å². The van der Waals surface area contributed by atoms with Crippen LogP contribution in [-0.2, 0) is 4.79 Å². The molecule has 3 rings (SSSR count). The van der Waals surface area contributed by atoms with E-state index < -0.39 is 0 Å². The van der Waals surface area contributed by atoms with Crippen LogP contribution in [0.15, 0.2) is 24.3 Å². The molecule has 1 aromatic carbocycles. The zero-order chi connectivity index (χ0) is 14.1. The van der Waals surface area contributed by atoms with Crippen molar-refractivity contribution in [3.63, 3.8) is 0 Å². The van der Waals surface area contributed by atoms with Gasteiger partial charge < -0.3 is 10.2 Å². The summed E-state index contributed by atoms with van der Waals surface area (Å²) in [6, 6.07) is 6.74. The summed E-state index contributed by atoms with van der Waals surface area (Å²) in [7, 11) is 0. The number of rotatable bonds is 2. The van der Waals surface area contributed by atoms with Crippen LogP contribution in [0, 0.1) is 17.7 Å². The van der Waals surface area contributed by atoms with Crippen LogP contribution in [-0.4, -0.2) is 30.4 Å². The van der Waals surface area contributed by atoms with Gasteiger partial charge in [-0.1, -0.05) is 25.1 Å². The van der Waals surface area contributed by atoms with Gasteiger partial charge in [-0.3, -0.25) is 4.79 Å². The summed E-state index contributed by atoms with van der Waals surface area (Å²) in [5.41, 5.74) is 0.663. The Morgan fingerprint density at radius 1 is 1.40 bits per heavy atom. The molecular weight excluding hydrogens is 255 g/mol. The molecule has 2 heterocycles. The first-order chi connectivity index (χ1) is 9.66. The van der Waals surface area contributed by atoms with E-state index in [-0.39, 0.29) is 23.7 Å². The Bertz CT molecular complexity index is 499. The zero-order valence-corrected chi connectivity index (χ0v) is 11.8. The van der Waals surface area contributed by atoms with E-state index in [1.54, 1.807) is 6.07 Å². The molecule has 1 aromatic rings. The lowest BCUT2D eigenvalue weighted by molar-refractivity contribution is -0.136. The molecule has 2 aliphatic heterocycles. The third kappa shape index (κ3) is 2.44. The fourth-order valence-corrected chi connectivity index (χ4v) is 3.43. The van der Waals surface area contributed by atoms with Crippen LogP contribution in [0.5, 0.6) is 0 Å². The number of carbonyl (C=O) groups is 1. The standard InChI is InChI=1S/C16H21FN2O/c1-11-8-15(13-4-2-3-5-14(13)17)19(10-11)16(20)12-6-7-18-9-12/h2-5,11-12,15,18H,6-10H2,1H3/t11-,12-,15+/m1/s1. The van der Waals surface area contributed by atoms with Crippen molar-refractivity contribution < 1.29 is 9.18 Å². The predicted molar refractivity (Wildman–Crippen MR) is 75.6 cm³/mol. The maximum Gasteiger partial charge on any atom is 0.227 e. The van der Waals surface area contributed by atoms with E-state index in [0.29, 0.717) is 11.5 Å². The van der Waals surface area contributed by atoms with Crippen molar-refractivity contribution in [3.8, 4) is 0 Å². The van der Waals surface area contributed by atoms with Crippen LogP contribution in [0.2, 0.25) is 0 Å². The molecule has 0 unspecified atom stereocenters. The van der Waals surface area contributed by atoms with Gasteiger partial charge in [0.05, 0.1) is 12.0 Å². The van der Waals surface area contributed by atoms with Crippen LogP contribution in [0.1, 0.15) is 31.4 Å². The number of carbonyl (C=O) groups excluding carboxylic acids is 1. The van der Waals surface area contributed by atoms with E-state index in [2.05, 4.69) is 12.2 Å². The molecule has 108 valence electrons. The zero-order valence-electron chi connectivity index (χ0n) is 11.8. The average molecular weight is 276 g/mol. The maximum atomic E-state index is 14.0. The molecule has 3 nitrogen and oxygen atoms in total. The first-order valence-corrected chi connectivity index (χ1v) is 7.42. The van der Waals surface area contributed by atoms with Gasteiger partial charge in [0.15, 0.2) is 0 Å². The van der Waals surface area contributed by atoms with Crippen molar-refractivity contribution in [2.24, 2.45) is 11.8 Å². The Morgan fingerprint density at radius 3 is 2.90 bits per heavy atom. The molecule has 1 N–H and O–H groups in total. The fourth-order valence-electron chi connectivity index (χ4n) is 3.43. The highest BCUT2D eigenvalue weighted by Crippen LogP contribution is 2.37. The SMILES string of the molecule is C[C@@H]1C[C@@H](c2ccccc2F)N(C(=O)[C@@H]2CCNC2)C1. The molecule has 2 aliphatic rings. The number of hydrogen-bond acceptors (Lipinski definition) is 2. The average Bonchev–Trinajstić information content (AvgIpc) is 3.08. The van der Waals surface area contributed by atoms with Gasteiger partial charge in [0.1, 0.15) is 5.82 Å². The van der Waals surface area contributed by atoms with Crippen molar-refractivity contribution >= 4 is 5.91 Å². The molecule has 0 saturated carbocycles. The number of amides is 1. The molecule has 2 saturated heterocycles. The van der Waals surface area contributed by atoms with Crippen molar-refractivity contribution in [1.29, 1.82) is 0 Å². The predicted octanol–water partition coefficient (Wildman–Crippen LogP) is 2.34. The third-order valence-corrected chi connectivity index (χ3v) is 4.47. The Morgan fingerprint density at radius 2 is 2.20 bits per heavy atom. The van der Waals surface area contributed by atoms with E-state index in [1.807, 2.05) is 17.0 Å². The summed E-state index contributed by atoms with van der Waals surface area (Å²) in [5.74, 6) is 0.481. The smallest absolute Gasteiger partial charge is 0.227 e. The second kappa shape index (κ2) is 5.52. The Kier molecular flexibility index (Phi) is 3.74. The topological polar surface area (TPSA) is 32.3 Å². The van der Waals surface area contributed by atoms with Gasteiger partial charge in [-0.25, -0.2) is 4.39 Å². The molecule has 20 heavy (non-hydrogen) atoms. The van der Waals surface area contributed by atoms with E-state index in [1.165, 1.54) is 6.07 Å². The minimum atomic E-state index is -0.200. The van der Waals surface area contributed by atoms with Gasteiger partial charge in [-0.05, 0) is 31.4 Å². The van der Waals surface area contributed by atoms with Gasteiger partial charge in [0, 0.05) is 18.7 Å². The number of likely N-dealkylation sites (tertiary alicyclic amines) is 1. The van der Waals surface area contributed by atoms with E-state index in [4.69, 9.17) is 0 Å². The summed E-state index contributed by atoms with van der Waals surface area (Å²) in [5, 5.41) is 3.23. The van der Waals surface area contributed by atoms with E-state index >= 15 is 0 Å². The van der Waals surface area contributed by atoms with E-state index in [9.17, 15) is 9.18 Å². The molecule has 2 fully saturated rings. The molecular formula is C16H21FN2O. The highest BCUT2D eigenvalue weighted by Gasteiger charge is 2.38. The van der Waals surface area contributed by atoms with Crippen LogP contribution in [0.3, 0.4) is 0 Å². The van der Waals surface area contributed by atoms with Crippen molar-refractivity contribution in [1.82, 2.24) is 10.2 Å². The second-order valence-corrected chi connectivity index (χ2v) is 6.06. The van der Waals surface area contributed by atoms with Crippen LogP contribution < -0.4 is 5.32 Å². The molecule has 0 aliphatic carbocycles. The number of halogens is 1. The molecule has 0 radical (unpaired) electrons. The lowest BCUT2D eigenvalue weighted by atomic mass is 9.99. The van der Waals surface area contributed by atoms with Gasteiger partial charge in [-0.15, -0.1) is 0 Å². The van der Waals surface area contributed by atoms with Crippen LogP contribution >= 0.6 is 0 Å². The monoisotopic (exact) mass is 276 g/mol. The van der Waals surface area contributed by atoms with Crippen molar-refractivity contribution in [3.05, 3.63) is 35.6 Å². The summed E-state index contributed by atoms with van der Waals surface area (Å²) in [4.78, 5) is 14.6. The molecule has 1 amide bonds. The van der Waals surface area contributed by atoms with Crippen molar-refractivity contribution in [2.75, 3.05) is 19.6 Å². The summed E-state index contributed by atoms with van der Waals surface area (Å²) in [6.45, 7) is 4.54. The lowest BCUT2D eigenvalue weighted by Gasteiger charge is -2.27. The van der Waals surface area contributed by atoms with Gasteiger partial charge >= 0.3 is 0 Å². The highest BCUT2D eigenvalue weighted by atomic mass is 19.1. The molecule has 0 aromatic heterocycles. The Labute approximate surface area is 119 Å². The first kappa shape index (κ1) is 13.6. The second-order valence-electron chi connectivity index (χ2n) is 6.06. The number of nitrogens with zero attached hydrogens (tertiary/aromatic N) is 1. The number of hydrogen-bond donors (Lipinski definition) is 1. The fraction of sp³-hybridized carbons (Fsp3) is 0.562. The minimum absolute atomic E-state index is 0.0644. The Hall–Kier alpha value is -1.42.